The van der Waals surface area contributed by atoms with Gasteiger partial charge in [0.1, 0.15) is 0 Å². The molecule has 2 rings (SSSR count). The zero-order valence-corrected chi connectivity index (χ0v) is 15.3. The Bertz CT molecular complexity index is 833. The van der Waals surface area contributed by atoms with Crippen LogP contribution >= 0.6 is 0 Å². The molecule has 0 saturated carbocycles. The average Bonchev–Trinajstić information content (AvgIpc) is 2.66. The highest BCUT2D eigenvalue weighted by molar-refractivity contribution is 5.99. The molecule has 0 aliphatic heterocycles. The van der Waals surface area contributed by atoms with Crippen LogP contribution in [-0.4, -0.2) is 32.1 Å². The van der Waals surface area contributed by atoms with Crippen LogP contribution < -0.4 is 9.47 Å². The molecule has 0 unspecified atom stereocenters. The number of carbonyl (C=O) groups is 2. The maximum atomic E-state index is 13.2. The Morgan fingerprint density at radius 1 is 0.963 bits per heavy atom. The van der Waals surface area contributed by atoms with Gasteiger partial charge in [-0.2, -0.15) is 0 Å². The van der Waals surface area contributed by atoms with Gasteiger partial charge in [0.25, 0.3) is 0 Å². The van der Waals surface area contributed by atoms with Crippen molar-refractivity contribution in [3.63, 3.8) is 0 Å². The molecule has 0 aliphatic rings. The quantitative estimate of drug-likeness (QED) is 0.512. The summed E-state index contributed by atoms with van der Waals surface area (Å²) in [5, 5.41) is 0. The summed E-state index contributed by atoms with van der Waals surface area (Å²) in [5.74, 6) is -2.44. The third kappa shape index (κ3) is 5.51. The van der Waals surface area contributed by atoms with Crippen molar-refractivity contribution < 1.29 is 32.6 Å². The number of benzene rings is 2. The predicted octanol–water partition coefficient (Wildman–Crippen LogP) is 4.05. The van der Waals surface area contributed by atoms with Gasteiger partial charge in [0.2, 0.25) is 0 Å². The molecule has 7 heteroatoms. The molecule has 0 radical (unpaired) electrons. The lowest BCUT2D eigenvalue weighted by atomic mass is 10.1. The molecular weight excluding hydrogens is 358 g/mol. The first kappa shape index (κ1) is 20.4. The van der Waals surface area contributed by atoms with E-state index < -0.39 is 30.0 Å². The minimum Gasteiger partial charge on any atom is -0.493 e. The molecule has 2 aromatic rings. The average molecular weight is 378 g/mol. The second kappa shape index (κ2) is 9.12. The summed E-state index contributed by atoms with van der Waals surface area (Å²) in [4.78, 5) is 24.1. The maximum Gasteiger partial charge on any atom is 0.338 e. The predicted molar refractivity (Wildman–Crippen MR) is 94.3 cm³/mol. The molecule has 0 aromatic heterocycles. The molecule has 0 aliphatic carbocycles. The second-order valence-corrected chi connectivity index (χ2v) is 6.20. The zero-order chi connectivity index (χ0) is 20.0. The third-order valence-electron chi connectivity index (χ3n) is 3.55. The van der Waals surface area contributed by atoms with Gasteiger partial charge in [-0.15, -0.1) is 0 Å². The van der Waals surface area contributed by atoms with Crippen molar-refractivity contribution in [2.24, 2.45) is 5.92 Å². The Morgan fingerprint density at radius 2 is 1.67 bits per heavy atom. The van der Waals surface area contributed by atoms with Crippen LogP contribution in [0, 0.1) is 17.6 Å². The number of methoxy groups -OCH3 is 1. The SMILES string of the molecule is COc1cc(C(=O)OCC(=O)c2ccc(F)c(F)c2)ccc1OCC(C)C. The number of halogens is 2. The van der Waals surface area contributed by atoms with Crippen LogP contribution in [0.3, 0.4) is 0 Å². The van der Waals surface area contributed by atoms with Crippen LogP contribution in [0.15, 0.2) is 36.4 Å². The molecule has 0 atom stereocenters. The van der Waals surface area contributed by atoms with Gasteiger partial charge >= 0.3 is 5.97 Å². The number of rotatable bonds is 8. The number of carbonyl (C=O) groups excluding carboxylic acids is 2. The smallest absolute Gasteiger partial charge is 0.338 e. The number of ether oxygens (including phenoxy) is 3. The Hall–Kier alpha value is -2.96. The summed E-state index contributed by atoms with van der Waals surface area (Å²) in [5.41, 5.74) is 0.0820. The molecule has 0 saturated heterocycles. The fourth-order valence-electron chi connectivity index (χ4n) is 2.14. The van der Waals surface area contributed by atoms with E-state index in [4.69, 9.17) is 14.2 Å². The van der Waals surface area contributed by atoms with E-state index in [0.29, 0.717) is 24.0 Å². The molecule has 0 amide bonds. The molecule has 5 nitrogen and oxygen atoms in total. The van der Waals surface area contributed by atoms with Gasteiger partial charge < -0.3 is 14.2 Å². The second-order valence-electron chi connectivity index (χ2n) is 6.20. The topological polar surface area (TPSA) is 61.8 Å². The Balaban J connectivity index is 2.02. The van der Waals surface area contributed by atoms with Gasteiger partial charge in [-0.1, -0.05) is 13.8 Å². The lowest BCUT2D eigenvalue weighted by molar-refractivity contribution is 0.0474. The standard InChI is InChI=1S/C20H20F2O5/c1-12(2)10-26-18-7-5-14(9-19(18)25-3)20(24)27-11-17(23)13-4-6-15(21)16(22)8-13/h4-9,12H,10-11H2,1-3H3. The Labute approximate surface area is 155 Å². The molecule has 0 heterocycles. The highest BCUT2D eigenvalue weighted by atomic mass is 19.2. The molecule has 2 aromatic carbocycles. The monoisotopic (exact) mass is 378 g/mol. The van der Waals surface area contributed by atoms with E-state index in [-0.39, 0.29) is 11.1 Å². The van der Waals surface area contributed by atoms with E-state index in [1.165, 1.54) is 19.2 Å². The normalized spacial score (nSPS) is 10.6. The van der Waals surface area contributed by atoms with Crippen molar-refractivity contribution in [1.29, 1.82) is 0 Å². The number of Topliss-reactive ketones (excluding diaryl/α,β-unsaturated/α-hetero) is 1. The molecule has 144 valence electrons. The highest BCUT2D eigenvalue weighted by Gasteiger charge is 2.16. The van der Waals surface area contributed by atoms with E-state index in [0.717, 1.165) is 18.2 Å². The highest BCUT2D eigenvalue weighted by Crippen LogP contribution is 2.28. The molecule has 27 heavy (non-hydrogen) atoms. The van der Waals surface area contributed by atoms with E-state index >= 15 is 0 Å². The first-order valence-electron chi connectivity index (χ1n) is 8.28. The minimum absolute atomic E-state index is 0.0864. The van der Waals surface area contributed by atoms with Gasteiger partial charge in [0.05, 0.1) is 19.3 Å². The van der Waals surface area contributed by atoms with Gasteiger partial charge in [-0.25, -0.2) is 13.6 Å². The molecule has 0 bridgehead atoms. The number of hydrogen-bond acceptors (Lipinski definition) is 5. The molecule has 0 fully saturated rings. The number of ketones is 1. The van der Waals surface area contributed by atoms with Crippen molar-refractivity contribution in [2.45, 2.75) is 13.8 Å². The van der Waals surface area contributed by atoms with Gasteiger partial charge in [0, 0.05) is 5.56 Å². The van der Waals surface area contributed by atoms with Crippen LogP contribution in [0.4, 0.5) is 8.78 Å². The molecule has 0 N–H and O–H groups in total. The largest absolute Gasteiger partial charge is 0.493 e. The van der Waals surface area contributed by atoms with Gasteiger partial charge in [-0.05, 0) is 42.3 Å². The number of hydrogen-bond donors (Lipinski definition) is 0. The summed E-state index contributed by atoms with van der Waals surface area (Å²) in [6.45, 7) is 3.89. The van der Waals surface area contributed by atoms with Gasteiger partial charge in [0.15, 0.2) is 35.5 Å². The number of esters is 1. The van der Waals surface area contributed by atoms with Crippen molar-refractivity contribution >= 4 is 11.8 Å². The summed E-state index contributed by atoms with van der Waals surface area (Å²) >= 11 is 0. The van der Waals surface area contributed by atoms with E-state index in [2.05, 4.69) is 0 Å². The molecular formula is C20H20F2O5. The Kier molecular flexibility index (Phi) is 6.87. The third-order valence-corrected chi connectivity index (χ3v) is 3.55. The Morgan fingerprint density at radius 3 is 2.30 bits per heavy atom. The van der Waals surface area contributed by atoms with Crippen molar-refractivity contribution in [2.75, 3.05) is 20.3 Å². The van der Waals surface area contributed by atoms with Gasteiger partial charge in [-0.3, -0.25) is 4.79 Å². The van der Waals surface area contributed by atoms with Crippen LogP contribution in [0.25, 0.3) is 0 Å². The van der Waals surface area contributed by atoms with Crippen molar-refractivity contribution in [1.82, 2.24) is 0 Å². The summed E-state index contributed by atoms with van der Waals surface area (Å²) in [7, 11) is 1.44. The van der Waals surface area contributed by atoms with E-state index in [1.807, 2.05) is 13.8 Å². The van der Waals surface area contributed by atoms with Crippen molar-refractivity contribution in [3.05, 3.63) is 59.2 Å². The summed E-state index contributed by atoms with van der Waals surface area (Å²) in [6.07, 6.45) is 0. The maximum absolute atomic E-state index is 13.2. The lowest BCUT2D eigenvalue weighted by Gasteiger charge is -2.13. The lowest BCUT2D eigenvalue weighted by Crippen LogP contribution is -2.15. The molecule has 0 spiro atoms. The van der Waals surface area contributed by atoms with Crippen LogP contribution in [-0.2, 0) is 4.74 Å². The van der Waals surface area contributed by atoms with Crippen LogP contribution in [0.1, 0.15) is 34.6 Å². The van der Waals surface area contributed by atoms with E-state index in [9.17, 15) is 18.4 Å². The first-order valence-corrected chi connectivity index (χ1v) is 8.28. The summed E-state index contributed by atoms with van der Waals surface area (Å²) < 4.78 is 41.8. The fraction of sp³-hybridized carbons (Fsp3) is 0.300. The first-order chi connectivity index (χ1) is 12.8. The summed E-state index contributed by atoms with van der Waals surface area (Å²) in [6, 6.07) is 7.23. The fourth-order valence-corrected chi connectivity index (χ4v) is 2.14. The van der Waals surface area contributed by atoms with Crippen LogP contribution in [0.2, 0.25) is 0 Å². The van der Waals surface area contributed by atoms with Crippen molar-refractivity contribution in [3.8, 4) is 11.5 Å². The van der Waals surface area contributed by atoms with E-state index in [1.54, 1.807) is 6.07 Å². The minimum atomic E-state index is -1.14. The zero-order valence-electron chi connectivity index (χ0n) is 15.3. The van der Waals surface area contributed by atoms with Crippen LogP contribution in [0.5, 0.6) is 11.5 Å².